The lowest BCUT2D eigenvalue weighted by molar-refractivity contribution is -0.0996. The summed E-state index contributed by atoms with van der Waals surface area (Å²) >= 11 is 1.86. The van der Waals surface area contributed by atoms with Crippen molar-refractivity contribution in [2.45, 2.75) is 13.0 Å². The third kappa shape index (κ3) is 3.40. The van der Waals surface area contributed by atoms with E-state index in [4.69, 9.17) is 9.47 Å². The molecule has 1 N–H and O–H groups in total. The van der Waals surface area contributed by atoms with Gasteiger partial charge in [0.15, 0.2) is 0 Å². The molecule has 1 atom stereocenters. The number of nitrogens with one attached hydrogen (secondary N) is 1. The summed E-state index contributed by atoms with van der Waals surface area (Å²) in [5, 5.41) is 5.83. The average Bonchev–Trinajstić information content (AvgIpc) is 2.96. The van der Waals surface area contributed by atoms with Gasteiger partial charge in [-0.2, -0.15) is 0 Å². The van der Waals surface area contributed by atoms with E-state index in [1.54, 1.807) is 0 Å². The van der Waals surface area contributed by atoms with Crippen molar-refractivity contribution >= 4 is 11.3 Å². The Labute approximate surface area is 125 Å². The largest absolute Gasteiger partial charge is 0.380 e. The Hall–Kier alpha value is -0.460. The van der Waals surface area contributed by atoms with Gasteiger partial charge in [-0.3, -0.25) is 4.90 Å². The monoisotopic (exact) mass is 296 g/mol. The first-order valence-electron chi connectivity index (χ1n) is 7.41. The van der Waals surface area contributed by atoms with Crippen LogP contribution in [0.5, 0.6) is 0 Å². The number of morpholine rings is 1. The van der Waals surface area contributed by atoms with Crippen molar-refractivity contribution in [1.29, 1.82) is 0 Å². The van der Waals surface area contributed by atoms with Crippen LogP contribution in [0.2, 0.25) is 0 Å². The number of thiophene rings is 1. The summed E-state index contributed by atoms with van der Waals surface area (Å²) in [6.45, 7) is 9.90. The van der Waals surface area contributed by atoms with Crippen molar-refractivity contribution in [3.63, 3.8) is 0 Å². The van der Waals surface area contributed by atoms with Gasteiger partial charge >= 0.3 is 0 Å². The molecule has 2 saturated heterocycles. The van der Waals surface area contributed by atoms with E-state index in [1.165, 1.54) is 4.88 Å². The SMILES string of the molecule is CC1(CNCC(c2cccs2)N2CCOCC2)COC1. The standard InChI is InChI=1S/C15H24N2O2S/c1-15(11-19-12-15)10-16-9-13(14-3-2-8-20-14)17-4-6-18-7-5-17/h2-3,8,13,16H,4-7,9-12H2,1H3. The Balaban J connectivity index is 1.57. The Morgan fingerprint density at radius 2 is 2.15 bits per heavy atom. The van der Waals surface area contributed by atoms with E-state index >= 15 is 0 Å². The number of hydrogen-bond donors (Lipinski definition) is 1. The molecule has 2 aliphatic heterocycles. The molecule has 0 aromatic carbocycles. The van der Waals surface area contributed by atoms with Crippen molar-refractivity contribution in [2.24, 2.45) is 5.41 Å². The second kappa shape index (κ2) is 6.54. The zero-order valence-corrected chi connectivity index (χ0v) is 13.0. The van der Waals surface area contributed by atoms with Crippen LogP contribution >= 0.6 is 11.3 Å². The molecule has 0 aliphatic carbocycles. The number of nitrogens with zero attached hydrogens (tertiary/aromatic N) is 1. The van der Waals surface area contributed by atoms with Gasteiger partial charge in [0.2, 0.25) is 0 Å². The fourth-order valence-corrected chi connectivity index (χ4v) is 3.70. The molecule has 112 valence electrons. The van der Waals surface area contributed by atoms with E-state index in [1.807, 2.05) is 11.3 Å². The average molecular weight is 296 g/mol. The fourth-order valence-electron chi connectivity index (χ4n) is 2.84. The van der Waals surface area contributed by atoms with E-state index in [-0.39, 0.29) is 0 Å². The molecule has 3 heterocycles. The summed E-state index contributed by atoms with van der Waals surface area (Å²) in [4.78, 5) is 4.00. The highest BCUT2D eigenvalue weighted by Crippen LogP contribution is 2.27. The van der Waals surface area contributed by atoms with Gasteiger partial charge < -0.3 is 14.8 Å². The predicted molar refractivity (Wildman–Crippen MR) is 81.2 cm³/mol. The van der Waals surface area contributed by atoms with Crippen LogP contribution in [-0.2, 0) is 9.47 Å². The van der Waals surface area contributed by atoms with Crippen LogP contribution in [0.4, 0.5) is 0 Å². The molecule has 0 amide bonds. The van der Waals surface area contributed by atoms with Crippen LogP contribution < -0.4 is 5.32 Å². The predicted octanol–water partition coefficient (Wildman–Crippen LogP) is 1.75. The van der Waals surface area contributed by atoms with Crippen molar-refractivity contribution in [2.75, 3.05) is 52.6 Å². The number of ether oxygens (including phenoxy) is 2. The zero-order chi connectivity index (χ0) is 13.8. The molecular formula is C15H24N2O2S. The highest BCUT2D eigenvalue weighted by molar-refractivity contribution is 7.10. The van der Waals surface area contributed by atoms with Crippen molar-refractivity contribution < 1.29 is 9.47 Å². The van der Waals surface area contributed by atoms with E-state index < -0.39 is 0 Å². The van der Waals surface area contributed by atoms with E-state index in [0.717, 1.165) is 52.6 Å². The summed E-state index contributed by atoms with van der Waals surface area (Å²) in [5.74, 6) is 0. The first-order chi connectivity index (χ1) is 9.77. The maximum atomic E-state index is 5.48. The first-order valence-corrected chi connectivity index (χ1v) is 8.28. The van der Waals surface area contributed by atoms with Crippen molar-refractivity contribution in [3.8, 4) is 0 Å². The van der Waals surface area contributed by atoms with Gasteiger partial charge in [-0.05, 0) is 11.4 Å². The van der Waals surface area contributed by atoms with Crippen LogP contribution in [0.3, 0.4) is 0 Å². The molecule has 0 bridgehead atoms. The van der Waals surface area contributed by atoms with Crippen molar-refractivity contribution in [3.05, 3.63) is 22.4 Å². The molecule has 20 heavy (non-hydrogen) atoms. The highest BCUT2D eigenvalue weighted by Gasteiger charge is 2.33. The molecule has 0 spiro atoms. The highest BCUT2D eigenvalue weighted by atomic mass is 32.1. The third-order valence-corrected chi connectivity index (χ3v) is 5.12. The lowest BCUT2D eigenvalue weighted by Gasteiger charge is -2.39. The quantitative estimate of drug-likeness (QED) is 0.867. The third-order valence-electron chi connectivity index (χ3n) is 4.15. The molecule has 2 fully saturated rings. The summed E-state index contributed by atoms with van der Waals surface area (Å²) in [6.07, 6.45) is 0. The Kier molecular flexibility index (Phi) is 4.73. The summed E-state index contributed by atoms with van der Waals surface area (Å²) in [7, 11) is 0. The second-order valence-corrected chi connectivity index (χ2v) is 7.09. The van der Waals surface area contributed by atoms with E-state index in [0.29, 0.717) is 11.5 Å². The summed E-state index contributed by atoms with van der Waals surface area (Å²) in [5.41, 5.74) is 0.338. The number of rotatable bonds is 6. The minimum Gasteiger partial charge on any atom is -0.380 e. The van der Waals surface area contributed by atoms with Crippen LogP contribution in [0.15, 0.2) is 17.5 Å². The van der Waals surface area contributed by atoms with E-state index in [2.05, 4.69) is 34.7 Å². The van der Waals surface area contributed by atoms with Crippen LogP contribution in [0.25, 0.3) is 0 Å². The molecule has 1 aromatic heterocycles. The lowest BCUT2D eigenvalue weighted by atomic mass is 9.88. The fraction of sp³-hybridized carbons (Fsp3) is 0.733. The van der Waals surface area contributed by atoms with Crippen LogP contribution in [0, 0.1) is 5.41 Å². The van der Waals surface area contributed by atoms with E-state index in [9.17, 15) is 0 Å². The molecule has 5 heteroatoms. The maximum absolute atomic E-state index is 5.48. The van der Waals surface area contributed by atoms with Crippen LogP contribution in [-0.4, -0.2) is 57.5 Å². The second-order valence-electron chi connectivity index (χ2n) is 6.11. The molecule has 3 rings (SSSR count). The Bertz CT molecular complexity index is 400. The lowest BCUT2D eigenvalue weighted by Crippen LogP contribution is -2.49. The summed E-state index contributed by atoms with van der Waals surface area (Å²) < 4.78 is 10.8. The molecule has 4 nitrogen and oxygen atoms in total. The van der Waals surface area contributed by atoms with Gasteiger partial charge in [-0.1, -0.05) is 13.0 Å². The number of hydrogen-bond acceptors (Lipinski definition) is 5. The molecule has 1 unspecified atom stereocenters. The minimum atomic E-state index is 0.338. The smallest absolute Gasteiger partial charge is 0.0594 e. The normalized spacial score (nSPS) is 24.2. The van der Waals surface area contributed by atoms with Crippen LogP contribution in [0.1, 0.15) is 17.8 Å². The van der Waals surface area contributed by atoms with Crippen molar-refractivity contribution in [1.82, 2.24) is 10.2 Å². The zero-order valence-electron chi connectivity index (χ0n) is 12.1. The van der Waals surface area contributed by atoms with Gasteiger partial charge in [0, 0.05) is 36.5 Å². The van der Waals surface area contributed by atoms with Gasteiger partial charge in [0.1, 0.15) is 0 Å². The summed E-state index contributed by atoms with van der Waals surface area (Å²) in [6, 6.07) is 4.87. The maximum Gasteiger partial charge on any atom is 0.0594 e. The Morgan fingerprint density at radius 1 is 1.35 bits per heavy atom. The first kappa shape index (κ1) is 14.5. The Morgan fingerprint density at radius 3 is 2.75 bits per heavy atom. The molecule has 0 saturated carbocycles. The molecular weight excluding hydrogens is 272 g/mol. The van der Waals surface area contributed by atoms with Gasteiger partial charge in [0.05, 0.1) is 32.5 Å². The molecule has 1 aromatic rings. The minimum absolute atomic E-state index is 0.338. The molecule has 0 radical (unpaired) electrons. The van der Waals surface area contributed by atoms with Gasteiger partial charge in [0.25, 0.3) is 0 Å². The van der Waals surface area contributed by atoms with Gasteiger partial charge in [-0.15, -0.1) is 11.3 Å². The molecule has 2 aliphatic rings. The topological polar surface area (TPSA) is 33.7 Å². The van der Waals surface area contributed by atoms with Gasteiger partial charge in [-0.25, -0.2) is 0 Å².